The molecule has 4 rings (SSSR count). The molecular formula is C31H42N2O3. The average Bonchev–Trinajstić information content (AvgIpc) is 3.20. The van der Waals surface area contributed by atoms with Crippen molar-refractivity contribution >= 4 is 11.8 Å². The van der Waals surface area contributed by atoms with Crippen LogP contribution in [0.2, 0.25) is 0 Å². The van der Waals surface area contributed by atoms with Gasteiger partial charge in [-0.3, -0.25) is 4.99 Å². The second kappa shape index (κ2) is 10.7. The number of carbonyl (C=O) groups is 1. The number of allylic oxidation sites excluding steroid dienone is 2. The van der Waals surface area contributed by atoms with E-state index in [4.69, 9.17) is 14.5 Å². The Morgan fingerprint density at radius 1 is 1.22 bits per heavy atom. The first-order valence-electron chi connectivity index (χ1n) is 13.5. The molecule has 1 aliphatic carbocycles. The van der Waals surface area contributed by atoms with E-state index < -0.39 is 5.60 Å². The lowest BCUT2D eigenvalue weighted by atomic mass is 9.56. The number of hydrogen-bond acceptors (Lipinski definition) is 4. The van der Waals surface area contributed by atoms with Gasteiger partial charge in [0.2, 0.25) is 0 Å². The van der Waals surface area contributed by atoms with Crippen LogP contribution >= 0.6 is 0 Å². The Hall–Kier alpha value is -2.74. The zero-order valence-electron chi connectivity index (χ0n) is 22.9. The normalized spacial score (nSPS) is 26.1. The molecular weight excluding hydrogens is 448 g/mol. The fourth-order valence-corrected chi connectivity index (χ4v) is 6.11. The Kier molecular flexibility index (Phi) is 7.83. The van der Waals surface area contributed by atoms with Crippen molar-refractivity contribution in [2.24, 2.45) is 22.2 Å². The highest BCUT2D eigenvalue weighted by Gasteiger charge is 2.52. The van der Waals surface area contributed by atoms with Gasteiger partial charge in [-0.15, -0.1) is 5.92 Å². The quantitative estimate of drug-likeness (QED) is 0.434. The molecule has 1 aromatic carbocycles. The maximum atomic E-state index is 12.6. The molecule has 1 spiro atoms. The second-order valence-corrected chi connectivity index (χ2v) is 11.8. The minimum atomic E-state index is -0.450. The van der Waals surface area contributed by atoms with Gasteiger partial charge in [-0.1, -0.05) is 18.4 Å². The fraction of sp³-hybridized carbons (Fsp3) is 0.613. The van der Waals surface area contributed by atoms with Crippen LogP contribution in [0.15, 0.2) is 40.4 Å². The van der Waals surface area contributed by atoms with Crippen molar-refractivity contribution in [1.82, 2.24) is 4.90 Å². The number of nitrogens with zero attached hydrogens (tertiary/aromatic N) is 2. The minimum Gasteiger partial charge on any atom is -0.494 e. The third-order valence-corrected chi connectivity index (χ3v) is 7.80. The first-order chi connectivity index (χ1) is 17.1. The molecule has 2 aliphatic heterocycles. The maximum Gasteiger partial charge on any atom is 0.410 e. The van der Waals surface area contributed by atoms with E-state index in [1.54, 1.807) is 0 Å². The van der Waals surface area contributed by atoms with Crippen molar-refractivity contribution in [2.45, 2.75) is 79.2 Å². The zero-order chi connectivity index (χ0) is 25.9. The van der Waals surface area contributed by atoms with Crippen molar-refractivity contribution in [1.29, 1.82) is 0 Å². The summed E-state index contributed by atoms with van der Waals surface area (Å²) < 4.78 is 11.4. The summed E-state index contributed by atoms with van der Waals surface area (Å²) in [5.41, 5.74) is 4.37. The molecule has 1 saturated heterocycles. The van der Waals surface area contributed by atoms with Gasteiger partial charge in [0.15, 0.2) is 0 Å². The van der Waals surface area contributed by atoms with Gasteiger partial charge in [-0.05, 0) is 108 Å². The van der Waals surface area contributed by atoms with Crippen LogP contribution in [-0.2, 0) is 4.74 Å². The Balaban J connectivity index is 1.46. The molecule has 2 heterocycles. The van der Waals surface area contributed by atoms with Crippen molar-refractivity contribution in [3.63, 3.8) is 0 Å². The lowest BCUT2D eigenvalue weighted by molar-refractivity contribution is 0.0105. The third kappa shape index (κ3) is 5.80. The number of benzene rings is 1. The van der Waals surface area contributed by atoms with E-state index in [9.17, 15) is 4.79 Å². The number of carbonyl (C=O) groups excluding carboxylic acids is 1. The van der Waals surface area contributed by atoms with Crippen LogP contribution in [0.1, 0.15) is 79.2 Å². The molecule has 1 atom stereocenters. The summed E-state index contributed by atoms with van der Waals surface area (Å²) in [6.45, 7) is 15.2. The molecule has 1 saturated carbocycles. The summed E-state index contributed by atoms with van der Waals surface area (Å²) in [4.78, 5) is 19.5. The summed E-state index contributed by atoms with van der Waals surface area (Å²) in [7, 11) is 0. The minimum absolute atomic E-state index is 0.168. The van der Waals surface area contributed by atoms with Gasteiger partial charge in [0.1, 0.15) is 11.4 Å². The summed E-state index contributed by atoms with van der Waals surface area (Å²) in [6.07, 6.45) is 5.29. The van der Waals surface area contributed by atoms with E-state index in [0.29, 0.717) is 11.8 Å². The summed E-state index contributed by atoms with van der Waals surface area (Å²) in [5, 5.41) is 0. The zero-order valence-corrected chi connectivity index (χ0v) is 22.9. The van der Waals surface area contributed by atoms with Crippen LogP contribution in [0.3, 0.4) is 0 Å². The molecule has 194 valence electrons. The molecule has 5 nitrogen and oxygen atoms in total. The Morgan fingerprint density at radius 2 is 1.94 bits per heavy atom. The van der Waals surface area contributed by atoms with Gasteiger partial charge < -0.3 is 14.4 Å². The number of likely N-dealkylation sites (tertiary alicyclic amines) is 1. The highest BCUT2D eigenvalue weighted by Crippen LogP contribution is 2.56. The van der Waals surface area contributed by atoms with Crippen LogP contribution in [0.4, 0.5) is 4.79 Å². The smallest absolute Gasteiger partial charge is 0.410 e. The van der Waals surface area contributed by atoms with Gasteiger partial charge in [-0.25, -0.2) is 4.79 Å². The summed E-state index contributed by atoms with van der Waals surface area (Å²) in [5.74, 6) is 8.55. The molecule has 0 radical (unpaired) electrons. The third-order valence-electron chi connectivity index (χ3n) is 7.80. The second-order valence-electron chi connectivity index (χ2n) is 11.8. The molecule has 1 amide bonds. The number of aliphatic imine (C=N–C) groups is 1. The van der Waals surface area contributed by atoms with Crippen molar-refractivity contribution in [2.75, 3.05) is 26.2 Å². The van der Waals surface area contributed by atoms with Crippen LogP contribution < -0.4 is 4.74 Å². The highest BCUT2D eigenvalue weighted by molar-refractivity contribution is 6.16. The number of hydrogen-bond donors (Lipinski definition) is 0. The van der Waals surface area contributed by atoms with E-state index in [2.05, 4.69) is 37.8 Å². The standard InChI is InChI=1S/C31H42N2O3/c1-7-9-27-22(3)26(14-16-32-28(27)23-10-12-25(13-11-23)35-18-8-2)24-19-31(20-24)15-17-33(21-31)29(34)36-30(4,5)6/h10-13,24,26H,8,14-21H2,1-6H3. The van der Waals surface area contributed by atoms with Crippen LogP contribution in [-0.4, -0.2) is 48.5 Å². The van der Waals surface area contributed by atoms with E-state index in [0.717, 1.165) is 68.1 Å². The molecule has 0 bridgehead atoms. The van der Waals surface area contributed by atoms with Crippen molar-refractivity contribution < 1.29 is 14.3 Å². The molecule has 36 heavy (non-hydrogen) atoms. The predicted octanol–water partition coefficient (Wildman–Crippen LogP) is 6.66. The monoisotopic (exact) mass is 490 g/mol. The van der Waals surface area contributed by atoms with Gasteiger partial charge in [0.05, 0.1) is 12.3 Å². The van der Waals surface area contributed by atoms with Crippen LogP contribution in [0, 0.1) is 29.1 Å². The lowest BCUT2D eigenvalue weighted by Gasteiger charge is -2.49. The topological polar surface area (TPSA) is 51.1 Å². The van der Waals surface area contributed by atoms with Gasteiger partial charge >= 0.3 is 6.09 Å². The lowest BCUT2D eigenvalue weighted by Crippen LogP contribution is -2.44. The molecule has 0 N–H and O–H groups in total. The molecule has 5 heteroatoms. The number of ether oxygens (including phenoxy) is 2. The SMILES string of the molecule is CC#CC1=C(C)C(C2CC3(CCN(C(=O)OC(C)(C)C)C3)C2)CCN=C1c1ccc(OCCC)cc1. The first-order valence-corrected chi connectivity index (χ1v) is 13.5. The molecule has 2 fully saturated rings. The fourth-order valence-electron chi connectivity index (χ4n) is 6.11. The van der Waals surface area contributed by atoms with E-state index in [-0.39, 0.29) is 11.5 Å². The Bertz CT molecular complexity index is 1080. The maximum absolute atomic E-state index is 12.6. The molecule has 3 aliphatic rings. The number of rotatable bonds is 5. The first kappa shape index (κ1) is 26.3. The van der Waals surface area contributed by atoms with Crippen LogP contribution in [0.25, 0.3) is 0 Å². The van der Waals surface area contributed by atoms with Gasteiger partial charge in [-0.2, -0.15) is 0 Å². The predicted molar refractivity (Wildman–Crippen MR) is 145 cm³/mol. The van der Waals surface area contributed by atoms with Crippen molar-refractivity contribution in [3.05, 3.63) is 41.0 Å². The van der Waals surface area contributed by atoms with E-state index >= 15 is 0 Å². The van der Waals surface area contributed by atoms with Gasteiger partial charge in [0.25, 0.3) is 0 Å². The highest BCUT2D eigenvalue weighted by atomic mass is 16.6. The summed E-state index contributed by atoms with van der Waals surface area (Å²) >= 11 is 0. The Labute approximate surface area is 217 Å². The largest absolute Gasteiger partial charge is 0.494 e. The average molecular weight is 491 g/mol. The summed E-state index contributed by atoms with van der Waals surface area (Å²) in [6, 6.07) is 8.29. The molecule has 1 unspecified atom stereocenters. The van der Waals surface area contributed by atoms with Crippen molar-refractivity contribution in [3.8, 4) is 17.6 Å². The van der Waals surface area contributed by atoms with E-state index in [1.165, 1.54) is 18.4 Å². The van der Waals surface area contributed by atoms with Gasteiger partial charge in [0, 0.05) is 30.8 Å². The van der Waals surface area contributed by atoms with Crippen LogP contribution in [0.5, 0.6) is 5.75 Å². The Morgan fingerprint density at radius 3 is 2.58 bits per heavy atom. The number of amides is 1. The van der Waals surface area contributed by atoms with E-state index in [1.807, 2.05) is 44.7 Å². The molecule has 0 aromatic heterocycles. The molecule has 1 aromatic rings.